The Morgan fingerprint density at radius 2 is 1.00 bits per heavy atom. The maximum Gasteiger partial charge on any atom is -0.0469 e. The second kappa shape index (κ2) is 8.00. The van der Waals surface area contributed by atoms with Crippen LogP contribution in [0.25, 0.3) is 0 Å². The van der Waals surface area contributed by atoms with Crippen LogP contribution in [0.4, 0.5) is 0 Å². The summed E-state index contributed by atoms with van der Waals surface area (Å²) < 4.78 is 0. The van der Waals surface area contributed by atoms with Gasteiger partial charge in [-0.15, -0.1) is 0 Å². The maximum absolute atomic E-state index is 2.26. The van der Waals surface area contributed by atoms with Crippen molar-refractivity contribution < 1.29 is 0 Å². The summed E-state index contributed by atoms with van der Waals surface area (Å²) in [7, 11) is 0. The van der Waals surface area contributed by atoms with Gasteiger partial charge in [0.05, 0.1) is 0 Å². The molecule has 0 aromatic rings. The normalized spacial score (nSPS) is 8.67. The lowest BCUT2D eigenvalue weighted by Crippen LogP contribution is -1.93. The first-order valence-corrected chi connectivity index (χ1v) is 3.13. The lowest BCUT2D eigenvalue weighted by molar-refractivity contribution is 0.469. The van der Waals surface area contributed by atoms with Crippen molar-refractivity contribution >= 4 is 0 Å². The predicted molar refractivity (Wildman–Crippen MR) is 47.8 cm³/mol. The molecule has 0 amide bonds. The van der Waals surface area contributed by atoms with Gasteiger partial charge >= 0.3 is 0 Å². The zero-order valence-corrected chi connectivity index (χ0v) is 5.86. The average Bonchev–Trinajstić information content (AvgIpc) is 1.27. The number of hydrogen-bond acceptors (Lipinski definition) is 0. The molecular formula is C9H24. The summed E-state index contributed by atoms with van der Waals surface area (Å²) in [6, 6.07) is 0. The highest BCUT2D eigenvalue weighted by Crippen LogP contribution is 2.08. The molecule has 0 aliphatic rings. The Kier molecular flexibility index (Phi) is 14.2. The zero-order valence-electron chi connectivity index (χ0n) is 5.86. The molecule has 0 heterocycles. The van der Waals surface area contributed by atoms with Crippen LogP contribution in [0.5, 0.6) is 0 Å². The molecule has 0 N–H and O–H groups in total. The summed E-state index contributed by atoms with van der Waals surface area (Å²) in [5.74, 6) is 1.75. The van der Waals surface area contributed by atoms with Gasteiger partial charge in [0, 0.05) is 0 Å². The van der Waals surface area contributed by atoms with Crippen molar-refractivity contribution in [2.24, 2.45) is 11.8 Å². The van der Waals surface area contributed by atoms with E-state index in [9.17, 15) is 0 Å². The Hall–Kier alpha value is 0. The second-order valence-corrected chi connectivity index (χ2v) is 3.02. The third-order valence-corrected chi connectivity index (χ3v) is 0.943. The summed E-state index contributed by atoms with van der Waals surface area (Å²) in [6.45, 7) is 9.06. The van der Waals surface area contributed by atoms with E-state index >= 15 is 0 Å². The fourth-order valence-electron chi connectivity index (χ4n) is 0.943. The first-order chi connectivity index (χ1) is 3.13. The molecule has 0 atom stereocenters. The largest absolute Gasteiger partial charge is 0.0776 e. The molecule has 0 saturated carbocycles. The molecule has 0 aromatic heterocycles. The van der Waals surface area contributed by atoms with Crippen LogP contribution in [0, 0.1) is 11.8 Å². The van der Waals surface area contributed by atoms with Crippen molar-refractivity contribution in [1.82, 2.24) is 0 Å². The molecule has 9 heavy (non-hydrogen) atoms. The van der Waals surface area contributed by atoms with E-state index in [0.29, 0.717) is 0 Å². The van der Waals surface area contributed by atoms with Crippen molar-refractivity contribution in [3.05, 3.63) is 0 Å². The van der Waals surface area contributed by atoms with E-state index in [1.807, 2.05) is 0 Å². The summed E-state index contributed by atoms with van der Waals surface area (Å²) in [4.78, 5) is 0. The second-order valence-electron chi connectivity index (χ2n) is 3.02. The van der Waals surface area contributed by atoms with Crippen molar-refractivity contribution in [3.63, 3.8) is 0 Å². The van der Waals surface area contributed by atoms with Gasteiger partial charge in [0.1, 0.15) is 0 Å². The van der Waals surface area contributed by atoms with Crippen LogP contribution in [0.3, 0.4) is 0 Å². The van der Waals surface area contributed by atoms with E-state index in [1.165, 1.54) is 6.42 Å². The quantitative estimate of drug-likeness (QED) is 0.533. The minimum atomic E-state index is 0. The molecule has 0 fully saturated rings. The van der Waals surface area contributed by atoms with Gasteiger partial charge in [0.15, 0.2) is 0 Å². The zero-order chi connectivity index (χ0) is 5.86. The SMILES string of the molecule is C.C.CC(C)CC(C)C. The summed E-state index contributed by atoms with van der Waals surface area (Å²) >= 11 is 0. The molecular weight excluding hydrogens is 108 g/mol. The van der Waals surface area contributed by atoms with Crippen LogP contribution in [-0.2, 0) is 0 Å². The van der Waals surface area contributed by atoms with Crippen LogP contribution >= 0.6 is 0 Å². The van der Waals surface area contributed by atoms with Crippen molar-refractivity contribution in [1.29, 1.82) is 0 Å². The molecule has 0 aliphatic heterocycles. The van der Waals surface area contributed by atoms with Crippen LogP contribution in [-0.4, -0.2) is 0 Å². The smallest absolute Gasteiger partial charge is 0.0469 e. The van der Waals surface area contributed by atoms with Gasteiger partial charge in [-0.25, -0.2) is 0 Å². The fourth-order valence-corrected chi connectivity index (χ4v) is 0.943. The monoisotopic (exact) mass is 132 g/mol. The van der Waals surface area contributed by atoms with Gasteiger partial charge in [0.25, 0.3) is 0 Å². The highest BCUT2D eigenvalue weighted by Gasteiger charge is 1.95. The first kappa shape index (κ1) is 16.0. The van der Waals surface area contributed by atoms with E-state index in [2.05, 4.69) is 27.7 Å². The van der Waals surface area contributed by atoms with Crippen LogP contribution in [0.1, 0.15) is 49.0 Å². The third kappa shape index (κ3) is 18.0. The van der Waals surface area contributed by atoms with Crippen LogP contribution in [0.15, 0.2) is 0 Å². The van der Waals surface area contributed by atoms with Gasteiger partial charge in [-0.2, -0.15) is 0 Å². The molecule has 0 aliphatic carbocycles. The van der Waals surface area contributed by atoms with Crippen LogP contribution in [0.2, 0.25) is 0 Å². The summed E-state index contributed by atoms with van der Waals surface area (Å²) in [5, 5.41) is 0. The standard InChI is InChI=1S/C7H16.2CH4/c1-6(2)5-7(3)4;;/h6-7H,5H2,1-4H3;2*1H4. The van der Waals surface area contributed by atoms with Crippen molar-refractivity contribution in [2.75, 3.05) is 0 Å². The Balaban J connectivity index is -0.000000180. The Morgan fingerprint density at radius 3 is 1.00 bits per heavy atom. The first-order valence-electron chi connectivity index (χ1n) is 3.13. The van der Waals surface area contributed by atoms with Gasteiger partial charge in [-0.05, 0) is 18.3 Å². The molecule has 0 bridgehead atoms. The Labute approximate surface area is 61.7 Å². The average molecular weight is 132 g/mol. The lowest BCUT2D eigenvalue weighted by Gasteiger charge is -2.05. The highest BCUT2D eigenvalue weighted by atomic mass is 14.0. The Morgan fingerprint density at radius 1 is 0.778 bits per heavy atom. The van der Waals surface area contributed by atoms with E-state index < -0.39 is 0 Å². The van der Waals surface area contributed by atoms with E-state index in [-0.39, 0.29) is 14.9 Å². The van der Waals surface area contributed by atoms with Crippen molar-refractivity contribution in [3.8, 4) is 0 Å². The maximum atomic E-state index is 2.26. The molecule has 0 radical (unpaired) electrons. The predicted octanol–water partition coefficient (Wildman–Crippen LogP) is 3.96. The molecule has 0 spiro atoms. The third-order valence-electron chi connectivity index (χ3n) is 0.943. The van der Waals surface area contributed by atoms with E-state index in [4.69, 9.17) is 0 Å². The van der Waals surface area contributed by atoms with Crippen LogP contribution < -0.4 is 0 Å². The Bertz CT molecular complexity index is 29.3. The fraction of sp³-hybridized carbons (Fsp3) is 1.00. The minimum absolute atomic E-state index is 0. The van der Waals surface area contributed by atoms with Gasteiger partial charge in [-0.1, -0.05) is 42.5 Å². The van der Waals surface area contributed by atoms with Gasteiger partial charge in [0.2, 0.25) is 0 Å². The molecule has 0 rings (SSSR count). The molecule has 0 saturated heterocycles. The molecule has 0 heteroatoms. The number of rotatable bonds is 2. The summed E-state index contributed by atoms with van der Waals surface area (Å²) in [6.07, 6.45) is 1.36. The molecule has 60 valence electrons. The molecule has 0 nitrogen and oxygen atoms in total. The van der Waals surface area contributed by atoms with Gasteiger partial charge in [-0.3, -0.25) is 0 Å². The summed E-state index contributed by atoms with van der Waals surface area (Å²) in [5.41, 5.74) is 0. The topological polar surface area (TPSA) is 0 Å². The number of hydrogen-bond donors (Lipinski definition) is 0. The molecule has 0 unspecified atom stereocenters. The van der Waals surface area contributed by atoms with Crippen molar-refractivity contribution in [2.45, 2.75) is 49.0 Å². The van der Waals surface area contributed by atoms with E-state index in [0.717, 1.165) is 11.8 Å². The van der Waals surface area contributed by atoms with Gasteiger partial charge < -0.3 is 0 Å². The lowest BCUT2D eigenvalue weighted by atomic mass is 10.0. The minimum Gasteiger partial charge on any atom is -0.0776 e. The van der Waals surface area contributed by atoms with E-state index in [1.54, 1.807) is 0 Å². The highest BCUT2D eigenvalue weighted by molar-refractivity contribution is 4.47. The molecule has 0 aromatic carbocycles.